The Kier molecular flexibility index (Phi) is 1.69. The number of halogens is 1. The van der Waals surface area contributed by atoms with Gasteiger partial charge in [0, 0.05) is 5.39 Å². The van der Waals surface area contributed by atoms with Gasteiger partial charge in [-0.05, 0) is 12.1 Å². The normalized spacial score (nSPS) is 11.3. The summed E-state index contributed by atoms with van der Waals surface area (Å²) in [5, 5.41) is 7.04. The predicted octanol–water partition coefficient (Wildman–Crippen LogP) is 0.517. The van der Waals surface area contributed by atoms with E-state index in [1.165, 1.54) is 0 Å². The second-order valence-electron chi connectivity index (χ2n) is 3.28. The zero-order valence-corrected chi connectivity index (χ0v) is 8.58. The van der Waals surface area contributed by atoms with Crippen molar-refractivity contribution in [1.29, 1.82) is 0 Å². The molecule has 0 amide bonds. The lowest BCUT2D eigenvalue weighted by Gasteiger charge is -2.00. The van der Waals surface area contributed by atoms with E-state index in [2.05, 4.69) is 15.2 Å². The Morgan fingerprint density at radius 1 is 1.25 bits per heavy atom. The van der Waals surface area contributed by atoms with Gasteiger partial charge in [-0.3, -0.25) is 0 Å². The highest BCUT2D eigenvalue weighted by atomic mass is 35.5. The summed E-state index contributed by atoms with van der Waals surface area (Å²) in [5.41, 5.74) is -0.389. The molecule has 2 N–H and O–H groups in total. The van der Waals surface area contributed by atoms with Crippen molar-refractivity contribution in [3.05, 3.63) is 44.2 Å². The molecular weight excluding hydrogens is 232 g/mol. The fourth-order valence-electron chi connectivity index (χ4n) is 1.67. The number of rotatable bonds is 0. The second kappa shape index (κ2) is 2.96. The fourth-order valence-corrected chi connectivity index (χ4v) is 1.89. The molecule has 0 radical (unpaired) electrons. The van der Waals surface area contributed by atoms with Crippen molar-refractivity contribution >= 4 is 28.2 Å². The van der Waals surface area contributed by atoms with E-state index in [1.54, 1.807) is 18.2 Å². The van der Waals surface area contributed by atoms with Crippen LogP contribution in [-0.2, 0) is 0 Å². The number of hydrogen-bond donors (Lipinski definition) is 2. The summed E-state index contributed by atoms with van der Waals surface area (Å²) in [6, 6.07) is 5.11. The summed E-state index contributed by atoms with van der Waals surface area (Å²) in [4.78, 5) is 25.5. The molecule has 7 heteroatoms. The number of nitrogens with one attached hydrogen (secondary N) is 2. The maximum atomic E-state index is 11.6. The quantitative estimate of drug-likeness (QED) is 0.597. The third-order valence-corrected chi connectivity index (χ3v) is 2.68. The van der Waals surface area contributed by atoms with Crippen molar-refractivity contribution in [2.75, 3.05) is 0 Å². The van der Waals surface area contributed by atoms with E-state index in [1.807, 2.05) is 0 Å². The monoisotopic (exact) mass is 236 g/mol. The molecule has 0 unspecified atom stereocenters. The first kappa shape index (κ1) is 9.17. The average Bonchev–Trinajstić information content (AvgIpc) is 2.64. The van der Waals surface area contributed by atoms with Crippen LogP contribution in [0.1, 0.15) is 0 Å². The molecule has 0 bridgehead atoms. The van der Waals surface area contributed by atoms with Gasteiger partial charge in [-0.2, -0.15) is 9.50 Å². The summed E-state index contributed by atoms with van der Waals surface area (Å²) < 4.78 is 0.929. The SMILES string of the molecule is O=c1[nH]nc2c3cccc(Cl)c3[nH]c(=O)n12. The summed E-state index contributed by atoms with van der Waals surface area (Å²) in [6.07, 6.45) is 0. The molecule has 0 aliphatic carbocycles. The number of para-hydroxylation sites is 1. The molecule has 0 saturated carbocycles. The van der Waals surface area contributed by atoms with E-state index in [9.17, 15) is 9.59 Å². The molecule has 3 aromatic rings. The van der Waals surface area contributed by atoms with E-state index in [4.69, 9.17) is 11.6 Å². The van der Waals surface area contributed by atoms with Gasteiger partial charge >= 0.3 is 11.4 Å². The van der Waals surface area contributed by atoms with Crippen LogP contribution in [0, 0.1) is 0 Å². The van der Waals surface area contributed by atoms with Crippen LogP contribution in [0.5, 0.6) is 0 Å². The van der Waals surface area contributed by atoms with Crippen molar-refractivity contribution in [3.63, 3.8) is 0 Å². The maximum Gasteiger partial charge on any atom is 0.351 e. The molecule has 0 fully saturated rings. The lowest BCUT2D eigenvalue weighted by molar-refractivity contribution is 0.958. The number of fused-ring (bicyclic) bond motifs is 3. The molecule has 0 aliphatic rings. The van der Waals surface area contributed by atoms with Gasteiger partial charge in [-0.25, -0.2) is 14.7 Å². The molecule has 80 valence electrons. The minimum Gasteiger partial charge on any atom is -0.305 e. The number of hydrogen-bond acceptors (Lipinski definition) is 3. The zero-order chi connectivity index (χ0) is 11.3. The molecule has 2 aromatic heterocycles. The third-order valence-electron chi connectivity index (χ3n) is 2.36. The highest BCUT2D eigenvalue weighted by Gasteiger charge is 2.10. The number of aromatic nitrogens is 4. The second-order valence-corrected chi connectivity index (χ2v) is 3.69. The van der Waals surface area contributed by atoms with Gasteiger partial charge in [0.15, 0.2) is 5.65 Å². The number of H-pyrrole nitrogens is 2. The maximum absolute atomic E-state index is 11.6. The predicted molar refractivity (Wildman–Crippen MR) is 58.9 cm³/mol. The van der Waals surface area contributed by atoms with Crippen LogP contribution in [0.2, 0.25) is 5.02 Å². The Morgan fingerprint density at radius 3 is 2.88 bits per heavy atom. The third kappa shape index (κ3) is 1.04. The smallest absolute Gasteiger partial charge is 0.305 e. The van der Waals surface area contributed by atoms with Gasteiger partial charge in [0.2, 0.25) is 0 Å². The van der Waals surface area contributed by atoms with Crippen molar-refractivity contribution in [1.82, 2.24) is 19.6 Å². The molecule has 0 atom stereocenters. The largest absolute Gasteiger partial charge is 0.351 e. The van der Waals surface area contributed by atoms with Crippen LogP contribution in [-0.4, -0.2) is 19.6 Å². The van der Waals surface area contributed by atoms with Crippen LogP contribution in [0.25, 0.3) is 16.6 Å². The molecule has 3 rings (SSSR count). The lowest BCUT2D eigenvalue weighted by atomic mass is 10.2. The molecule has 6 nitrogen and oxygen atoms in total. The lowest BCUT2D eigenvalue weighted by Crippen LogP contribution is -2.26. The number of aromatic amines is 2. The van der Waals surface area contributed by atoms with Crippen molar-refractivity contribution < 1.29 is 0 Å². The first-order valence-corrected chi connectivity index (χ1v) is 4.84. The van der Waals surface area contributed by atoms with Crippen molar-refractivity contribution in [2.24, 2.45) is 0 Å². The standard InChI is InChI=1S/C9H5ClN4O2/c10-5-3-1-2-4-6(5)11-8(15)14-7(4)12-13-9(14)16/h1-3H,(H,11,15)(H,13,16). The number of benzene rings is 1. The molecular formula is C9H5ClN4O2. The Hall–Kier alpha value is -2.08. The van der Waals surface area contributed by atoms with Crippen molar-refractivity contribution in [2.45, 2.75) is 0 Å². The molecule has 0 spiro atoms. The minimum absolute atomic E-state index is 0.270. The molecule has 0 saturated heterocycles. The Labute approximate surface area is 92.5 Å². The Bertz CT molecular complexity index is 814. The summed E-state index contributed by atoms with van der Waals surface area (Å²) in [6.45, 7) is 0. The first-order valence-electron chi connectivity index (χ1n) is 4.46. The topological polar surface area (TPSA) is 83.0 Å². The Morgan fingerprint density at radius 2 is 2.06 bits per heavy atom. The zero-order valence-electron chi connectivity index (χ0n) is 7.82. The minimum atomic E-state index is -0.571. The van der Waals surface area contributed by atoms with E-state index >= 15 is 0 Å². The van der Waals surface area contributed by atoms with Gasteiger partial charge in [-0.15, -0.1) is 0 Å². The summed E-state index contributed by atoms with van der Waals surface area (Å²) >= 11 is 5.94. The van der Waals surface area contributed by atoms with E-state index in [0.29, 0.717) is 15.9 Å². The summed E-state index contributed by atoms with van der Waals surface area (Å²) in [7, 11) is 0. The van der Waals surface area contributed by atoms with Crippen LogP contribution < -0.4 is 11.4 Å². The highest BCUT2D eigenvalue weighted by Crippen LogP contribution is 2.21. The average molecular weight is 237 g/mol. The first-order chi connectivity index (χ1) is 7.68. The van der Waals surface area contributed by atoms with E-state index < -0.39 is 11.4 Å². The fraction of sp³-hybridized carbons (Fsp3) is 0. The van der Waals surface area contributed by atoms with Crippen LogP contribution >= 0.6 is 11.6 Å². The van der Waals surface area contributed by atoms with Crippen LogP contribution in [0.3, 0.4) is 0 Å². The van der Waals surface area contributed by atoms with Gasteiger partial charge in [0.1, 0.15) is 0 Å². The van der Waals surface area contributed by atoms with Gasteiger partial charge in [0.25, 0.3) is 0 Å². The number of nitrogens with zero attached hydrogens (tertiary/aromatic N) is 2. The van der Waals surface area contributed by atoms with Gasteiger partial charge in [-0.1, -0.05) is 17.7 Å². The molecule has 1 aromatic carbocycles. The summed E-state index contributed by atoms with van der Waals surface area (Å²) in [5.74, 6) is 0. The molecule has 16 heavy (non-hydrogen) atoms. The molecule has 0 aliphatic heterocycles. The Balaban J connectivity index is 2.76. The van der Waals surface area contributed by atoms with E-state index in [0.717, 1.165) is 4.40 Å². The van der Waals surface area contributed by atoms with Gasteiger partial charge < -0.3 is 4.98 Å². The molecule has 2 heterocycles. The van der Waals surface area contributed by atoms with E-state index in [-0.39, 0.29) is 5.65 Å². The van der Waals surface area contributed by atoms with Crippen molar-refractivity contribution in [3.8, 4) is 0 Å². The highest BCUT2D eigenvalue weighted by molar-refractivity contribution is 6.35. The van der Waals surface area contributed by atoms with Gasteiger partial charge in [0.05, 0.1) is 10.5 Å². The van der Waals surface area contributed by atoms with Crippen LogP contribution in [0.15, 0.2) is 27.8 Å². The van der Waals surface area contributed by atoms with Crippen LogP contribution in [0.4, 0.5) is 0 Å².